The van der Waals surface area contributed by atoms with Crippen LogP contribution in [0.1, 0.15) is 17.2 Å². The van der Waals surface area contributed by atoms with Crippen LogP contribution in [-0.2, 0) is 21.4 Å². The highest BCUT2D eigenvalue weighted by atomic mass is 35.5. The zero-order chi connectivity index (χ0) is 22.7. The Morgan fingerprint density at radius 2 is 1.75 bits per heavy atom. The van der Waals surface area contributed by atoms with Gasteiger partial charge in [-0.3, -0.25) is 4.84 Å². The first-order valence-electron chi connectivity index (χ1n) is 10.2. The average molecular weight is 473 g/mol. The molecular weight excluding hydrogens is 448 g/mol. The van der Waals surface area contributed by atoms with Crippen LogP contribution in [0.15, 0.2) is 78.9 Å². The molecule has 1 aliphatic rings. The molecule has 3 aromatic carbocycles. The van der Waals surface area contributed by atoms with Crippen molar-refractivity contribution >= 4 is 21.6 Å². The van der Waals surface area contributed by atoms with Gasteiger partial charge in [0.2, 0.25) is 10.0 Å². The second kappa shape index (κ2) is 9.60. The van der Waals surface area contributed by atoms with Crippen LogP contribution >= 0.6 is 11.6 Å². The van der Waals surface area contributed by atoms with E-state index >= 15 is 0 Å². The van der Waals surface area contributed by atoms with Gasteiger partial charge >= 0.3 is 0 Å². The smallest absolute Gasteiger partial charge is 0.221 e. The molecule has 168 valence electrons. The second-order valence-corrected chi connectivity index (χ2v) is 10.4. The van der Waals surface area contributed by atoms with Crippen molar-refractivity contribution < 1.29 is 18.0 Å². The Hall–Kier alpha value is -2.42. The summed E-state index contributed by atoms with van der Waals surface area (Å²) in [6.07, 6.45) is 0. The summed E-state index contributed by atoms with van der Waals surface area (Å²) in [5, 5.41) is 1.50. The minimum Gasteiger partial charge on any atom is -0.457 e. The molecule has 0 bridgehead atoms. The van der Waals surface area contributed by atoms with Gasteiger partial charge in [-0.25, -0.2) is 12.7 Å². The number of ether oxygens (including phenoxy) is 1. The summed E-state index contributed by atoms with van der Waals surface area (Å²) in [4.78, 5) is 5.66. The van der Waals surface area contributed by atoms with E-state index < -0.39 is 21.3 Å². The summed E-state index contributed by atoms with van der Waals surface area (Å²) >= 11 is 5.94. The first kappa shape index (κ1) is 22.8. The lowest BCUT2D eigenvalue weighted by atomic mass is 10.0. The average Bonchev–Trinajstić information content (AvgIpc) is 3.18. The van der Waals surface area contributed by atoms with Gasteiger partial charge in [0, 0.05) is 25.7 Å². The van der Waals surface area contributed by atoms with Gasteiger partial charge in [-0.15, -0.1) is 0 Å². The monoisotopic (exact) mass is 472 g/mol. The summed E-state index contributed by atoms with van der Waals surface area (Å²) in [5.41, 5.74) is 1.74. The standard InChI is InChI=1S/C24H25ClN2O4S/c1-26(16-18-7-4-3-5-8-18)32(28,29)23-17-30-27(2)24(23)19-9-6-10-22(15-19)31-21-13-11-20(25)12-14-21/h3-15,23-24H,16-17H2,1-2H3/t23-,24+/m0/s1. The van der Waals surface area contributed by atoms with Gasteiger partial charge in [0.25, 0.3) is 0 Å². The molecule has 1 saturated heterocycles. The first-order chi connectivity index (χ1) is 15.3. The molecule has 0 N–H and O–H groups in total. The van der Waals surface area contributed by atoms with E-state index in [4.69, 9.17) is 21.2 Å². The molecule has 1 aliphatic heterocycles. The van der Waals surface area contributed by atoms with Crippen molar-refractivity contribution in [3.63, 3.8) is 0 Å². The molecule has 0 saturated carbocycles. The number of nitrogens with zero attached hydrogens (tertiary/aromatic N) is 2. The third-order valence-electron chi connectivity index (χ3n) is 5.50. The van der Waals surface area contributed by atoms with E-state index in [-0.39, 0.29) is 6.61 Å². The Morgan fingerprint density at radius 3 is 2.47 bits per heavy atom. The molecule has 32 heavy (non-hydrogen) atoms. The van der Waals surface area contributed by atoms with E-state index in [1.165, 1.54) is 4.31 Å². The molecule has 1 heterocycles. The summed E-state index contributed by atoms with van der Waals surface area (Å²) in [6, 6.07) is 23.6. The fraction of sp³-hybridized carbons (Fsp3) is 0.250. The second-order valence-electron chi connectivity index (χ2n) is 7.74. The molecular formula is C24H25ClN2O4S. The SMILES string of the molecule is CN1OC[C@H](S(=O)(=O)N(C)Cc2ccccc2)[C@H]1c1cccc(Oc2ccc(Cl)cc2)c1. The van der Waals surface area contributed by atoms with Crippen molar-refractivity contribution in [1.82, 2.24) is 9.37 Å². The van der Waals surface area contributed by atoms with Crippen molar-refractivity contribution in [2.75, 3.05) is 20.7 Å². The Morgan fingerprint density at radius 1 is 1.03 bits per heavy atom. The molecule has 0 spiro atoms. The van der Waals surface area contributed by atoms with Gasteiger partial charge in [0.1, 0.15) is 16.7 Å². The maximum Gasteiger partial charge on any atom is 0.221 e. The molecule has 0 aromatic heterocycles. The summed E-state index contributed by atoms with van der Waals surface area (Å²) in [7, 11) is -0.269. The van der Waals surface area contributed by atoms with Gasteiger partial charge in [0.15, 0.2) is 0 Å². The van der Waals surface area contributed by atoms with E-state index in [1.54, 1.807) is 43.4 Å². The molecule has 3 aromatic rings. The number of hydroxylamine groups is 2. The van der Waals surface area contributed by atoms with Gasteiger partial charge < -0.3 is 4.74 Å². The third kappa shape index (κ3) is 4.98. The molecule has 0 amide bonds. The van der Waals surface area contributed by atoms with Gasteiger partial charge in [0.05, 0.1) is 12.6 Å². The van der Waals surface area contributed by atoms with Crippen molar-refractivity contribution in [2.24, 2.45) is 0 Å². The highest BCUT2D eigenvalue weighted by Crippen LogP contribution is 2.37. The number of hydrogen-bond donors (Lipinski definition) is 0. The lowest BCUT2D eigenvalue weighted by Crippen LogP contribution is -2.40. The fourth-order valence-corrected chi connectivity index (χ4v) is 5.64. The minimum atomic E-state index is -3.63. The number of sulfonamides is 1. The predicted molar refractivity (Wildman–Crippen MR) is 125 cm³/mol. The largest absolute Gasteiger partial charge is 0.457 e. The zero-order valence-corrected chi connectivity index (χ0v) is 19.5. The summed E-state index contributed by atoms with van der Waals surface area (Å²) in [6.45, 7) is 0.390. The van der Waals surface area contributed by atoms with E-state index in [9.17, 15) is 8.42 Å². The Labute approximate surface area is 193 Å². The molecule has 2 atom stereocenters. The topological polar surface area (TPSA) is 59.1 Å². The van der Waals surface area contributed by atoms with Gasteiger partial charge in [-0.2, -0.15) is 5.06 Å². The quantitative estimate of drug-likeness (QED) is 0.490. The summed E-state index contributed by atoms with van der Waals surface area (Å²) in [5.74, 6) is 1.26. The third-order valence-corrected chi connectivity index (χ3v) is 7.91. The van der Waals surface area contributed by atoms with Crippen LogP contribution in [0.4, 0.5) is 0 Å². The van der Waals surface area contributed by atoms with Gasteiger partial charge in [-0.05, 0) is 47.5 Å². The van der Waals surface area contributed by atoms with Crippen molar-refractivity contribution in [1.29, 1.82) is 0 Å². The van der Waals surface area contributed by atoms with Crippen LogP contribution in [0.25, 0.3) is 0 Å². The van der Waals surface area contributed by atoms with Crippen molar-refractivity contribution in [2.45, 2.75) is 17.8 Å². The fourth-order valence-electron chi connectivity index (χ4n) is 3.83. The normalized spacial score (nSPS) is 19.4. The van der Waals surface area contributed by atoms with Crippen LogP contribution in [0.5, 0.6) is 11.5 Å². The van der Waals surface area contributed by atoms with E-state index in [0.29, 0.717) is 23.1 Å². The maximum absolute atomic E-state index is 13.4. The minimum absolute atomic E-state index is 0.0882. The van der Waals surface area contributed by atoms with E-state index in [0.717, 1.165) is 11.1 Å². The first-order valence-corrected chi connectivity index (χ1v) is 12.1. The maximum atomic E-state index is 13.4. The molecule has 4 rings (SSSR count). The number of hydrogen-bond acceptors (Lipinski definition) is 5. The predicted octanol–water partition coefficient (Wildman–Crippen LogP) is 4.88. The molecule has 0 aliphatic carbocycles. The number of halogens is 1. The molecule has 0 radical (unpaired) electrons. The molecule has 0 unspecified atom stereocenters. The Balaban J connectivity index is 1.57. The highest BCUT2D eigenvalue weighted by Gasteiger charge is 2.45. The Bertz CT molecular complexity index is 1160. The van der Waals surface area contributed by atoms with Gasteiger partial charge in [-0.1, -0.05) is 54.1 Å². The Kier molecular flexibility index (Phi) is 6.83. The van der Waals surface area contributed by atoms with Crippen LogP contribution in [-0.4, -0.2) is 43.7 Å². The van der Waals surface area contributed by atoms with Crippen molar-refractivity contribution in [3.05, 3.63) is 95.0 Å². The lowest BCUT2D eigenvalue weighted by molar-refractivity contribution is -0.110. The van der Waals surface area contributed by atoms with E-state index in [1.807, 2.05) is 54.6 Å². The van der Waals surface area contributed by atoms with Crippen LogP contribution in [0, 0.1) is 0 Å². The van der Waals surface area contributed by atoms with Crippen LogP contribution in [0.3, 0.4) is 0 Å². The molecule has 6 nitrogen and oxygen atoms in total. The lowest BCUT2D eigenvalue weighted by Gasteiger charge is -2.27. The summed E-state index contributed by atoms with van der Waals surface area (Å²) < 4.78 is 34.2. The number of benzene rings is 3. The van der Waals surface area contributed by atoms with E-state index in [2.05, 4.69) is 0 Å². The van der Waals surface area contributed by atoms with Crippen LogP contribution < -0.4 is 4.74 Å². The zero-order valence-electron chi connectivity index (χ0n) is 17.9. The molecule has 8 heteroatoms. The van der Waals surface area contributed by atoms with Crippen LogP contribution in [0.2, 0.25) is 5.02 Å². The number of rotatable bonds is 7. The highest BCUT2D eigenvalue weighted by molar-refractivity contribution is 7.89. The van der Waals surface area contributed by atoms with Crippen molar-refractivity contribution in [3.8, 4) is 11.5 Å². The molecule has 1 fully saturated rings.